The van der Waals surface area contributed by atoms with Crippen LogP contribution >= 0.6 is 11.8 Å². The third-order valence-electron chi connectivity index (χ3n) is 2.30. The van der Waals surface area contributed by atoms with E-state index in [1.807, 2.05) is 30.5 Å². The van der Waals surface area contributed by atoms with E-state index in [-0.39, 0.29) is 5.82 Å². The summed E-state index contributed by atoms with van der Waals surface area (Å²) in [5, 5.41) is 6.58. The average molecular weight is 263 g/mol. The van der Waals surface area contributed by atoms with E-state index in [1.165, 1.54) is 4.90 Å². The Hall–Kier alpha value is -1.82. The van der Waals surface area contributed by atoms with E-state index in [2.05, 4.69) is 15.2 Å². The number of carbonyl (C=O) groups is 1. The van der Waals surface area contributed by atoms with Crippen LogP contribution in [0.25, 0.3) is 11.4 Å². The van der Waals surface area contributed by atoms with Crippen molar-refractivity contribution in [2.75, 3.05) is 12.9 Å². The largest absolute Gasteiger partial charge is 0.460 e. The van der Waals surface area contributed by atoms with Gasteiger partial charge in [0.1, 0.15) is 0 Å². The maximum absolute atomic E-state index is 11.4. The molecule has 0 atom stereocenters. The van der Waals surface area contributed by atoms with Crippen molar-refractivity contribution in [1.29, 1.82) is 0 Å². The number of nitrogens with one attached hydrogen (secondary N) is 1. The quantitative estimate of drug-likeness (QED) is 0.677. The molecule has 0 spiro atoms. The van der Waals surface area contributed by atoms with E-state index in [1.54, 1.807) is 18.7 Å². The van der Waals surface area contributed by atoms with Crippen LogP contribution in [0.4, 0.5) is 0 Å². The van der Waals surface area contributed by atoms with Crippen LogP contribution < -0.4 is 0 Å². The summed E-state index contributed by atoms with van der Waals surface area (Å²) in [7, 11) is 0. The van der Waals surface area contributed by atoms with Gasteiger partial charge in [0.15, 0.2) is 5.82 Å². The van der Waals surface area contributed by atoms with Crippen molar-refractivity contribution >= 4 is 17.7 Å². The number of aromatic amines is 1. The lowest BCUT2D eigenvalue weighted by atomic mass is 10.2. The number of H-pyrrole nitrogens is 1. The van der Waals surface area contributed by atoms with Gasteiger partial charge >= 0.3 is 5.97 Å². The number of benzene rings is 1. The van der Waals surface area contributed by atoms with Crippen molar-refractivity contribution < 1.29 is 9.53 Å². The number of nitrogens with zero attached hydrogens (tertiary/aromatic N) is 2. The second-order valence-electron chi connectivity index (χ2n) is 3.46. The van der Waals surface area contributed by atoms with Gasteiger partial charge in [-0.15, -0.1) is 11.8 Å². The van der Waals surface area contributed by atoms with E-state index in [0.717, 1.165) is 5.56 Å². The number of hydrogen-bond donors (Lipinski definition) is 1. The predicted octanol–water partition coefficient (Wildman–Crippen LogP) is 2.37. The molecule has 0 bridgehead atoms. The Morgan fingerprint density at radius 3 is 2.72 bits per heavy atom. The van der Waals surface area contributed by atoms with Crippen LogP contribution in [0, 0.1) is 0 Å². The van der Waals surface area contributed by atoms with Gasteiger partial charge in [-0.1, -0.05) is 12.1 Å². The van der Waals surface area contributed by atoms with Crippen LogP contribution in [0.1, 0.15) is 17.5 Å². The lowest BCUT2D eigenvalue weighted by Crippen LogP contribution is -2.06. The van der Waals surface area contributed by atoms with Crippen LogP contribution in [0.15, 0.2) is 29.2 Å². The van der Waals surface area contributed by atoms with Crippen molar-refractivity contribution in [1.82, 2.24) is 15.2 Å². The van der Waals surface area contributed by atoms with Gasteiger partial charge in [-0.3, -0.25) is 5.10 Å². The van der Waals surface area contributed by atoms with Crippen molar-refractivity contribution in [3.8, 4) is 11.4 Å². The molecule has 0 saturated heterocycles. The first-order chi connectivity index (χ1) is 8.74. The highest BCUT2D eigenvalue weighted by atomic mass is 32.2. The number of hydrogen-bond acceptors (Lipinski definition) is 5. The van der Waals surface area contributed by atoms with Crippen molar-refractivity contribution in [3.63, 3.8) is 0 Å². The number of aromatic nitrogens is 3. The van der Waals surface area contributed by atoms with Gasteiger partial charge in [-0.05, 0) is 25.3 Å². The Morgan fingerprint density at radius 2 is 2.11 bits per heavy atom. The molecular formula is C12H13N3O2S. The van der Waals surface area contributed by atoms with E-state index >= 15 is 0 Å². The molecule has 0 aliphatic carbocycles. The average Bonchev–Trinajstić information content (AvgIpc) is 2.89. The van der Waals surface area contributed by atoms with Gasteiger partial charge in [0, 0.05) is 10.5 Å². The summed E-state index contributed by atoms with van der Waals surface area (Å²) in [6.07, 6.45) is 2.01. The smallest absolute Gasteiger partial charge is 0.375 e. The highest BCUT2D eigenvalue weighted by molar-refractivity contribution is 7.98. The van der Waals surface area contributed by atoms with Crippen LogP contribution in [-0.4, -0.2) is 34.0 Å². The summed E-state index contributed by atoms with van der Waals surface area (Å²) >= 11 is 1.67. The number of thioether (sulfide) groups is 1. The van der Waals surface area contributed by atoms with Crippen LogP contribution in [0.2, 0.25) is 0 Å². The minimum atomic E-state index is -0.489. The molecule has 0 saturated carbocycles. The molecule has 1 aromatic heterocycles. The molecule has 0 aliphatic rings. The molecule has 18 heavy (non-hydrogen) atoms. The molecule has 0 aliphatic heterocycles. The minimum absolute atomic E-state index is 0.126. The molecule has 1 aromatic carbocycles. The van der Waals surface area contributed by atoms with Gasteiger partial charge in [0.25, 0.3) is 0 Å². The lowest BCUT2D eigenvalue weighted by molar-refractivity contribution is 0.0512. The van der Waals surface area contributed by atoms with Crippen LogP contribution in [-0.2, 0) is 4.74 Å². The van der Waals surface area contributed by atoms with Crippen molar-refractivity contribution in [3.05, 3.63) is 30.1 Å². The maximum Gasteiger partial charge on any atom is 0.375 e. The summed E-state index contributed by atoms with van der Waals surface area (Å²) < 4.78 is 4.84. The topological polar surface area (TPSA) is 67.9 Å². The van der Waals surface area contributed by atoms with Gasteiger partial charge < -0.3 is 4.74 Å². The molecular weight excluding hydrogens is 250 g/mol. The summed E-state index contributed by atoms with van der Waals surface area (Å²) in [5.41, 5.74) is 0.861. The zero-order chi connectivity index (χ0) is 13.0. The molecule has 2 rings (SSSR count). The number of rotatable bonds is 4. The predicted molar refractivity (Wildman–Crippen MR) is 69.6 cm³/mol. The third kappa shape index (κ3) is 2.70. The Labute approximate surface area is 109 Å². The second-order valence-corrected chi connectivity index (χ2v) is 4.34. The van der Waals surface area contributed by atoms with E-state index in [9.17, 15) is 4.79 Å². The Bertz CT molecular complexity index is 537. The number of carbonyl (C=O) groups excluding carboxylic acids is 1. The Kier molecular flexibility index (Phi) is 3.99. The standard InChI is InChI=1S/C12H13N3O2S/c1-3-17-12(16)11-13-10(14-15-11)8-4-6-9(18-2)7-5-8/h4-7H,3H2,1-2H3,(H,13,14,15). The molecule has 0 amide bonds. The zero-order valence-corrected chi connectivity index (χ0v) is 11.0. The van der Waals surface area contributed by atoms with E-state index < -0.39 is 5.97 Å². The minimum Gasteiger partial charge on any atom is -0.460 e. The van der Waals surface area contributed by atoms with Gasteiger partial charge in [-0.2, -0.15) is 5.10 Å². The summed E-state index contributed by atoms with van der Waals surface area (Å²) in [6.45, 7) is 2.06. The molecule has 0 fully saturated rings. The van der Waals surface area contributed by atoms with E-state index in [4.69, 9.17) is 4.74 Å². The lowest BCUT2D eigenvalue weighted by Gasteiger charge is -1.97. The van der Waals surface area contributed by atoms with E-state index in [0.29, 0.717) is 12.4 Å². The molecule has 0 unspecified atom stereocenters. The van der Waals surface area contributed by atoms with Crippen LogP contribution in [0.3, 0.4) is 0 Å². The third-order valence-corrected chi connectivity index (χ3v) is 3.05. The first kappa shape index (κ1) is 12.6. The van der Waals surface area contributed by atoms with Crippen molar-refractivity contribution in [2.45, 2.75) is 11.8 Å². The highest BCUT2D eigenvalue weighted by Crippen LogP contribution is 2.20. The maximum atomic E-state index is 11.4. The van der Waals surface area contributed by atoms with Gasteiger partial charge in [0.05, 0.1) is 6.61 Å². The first-order valence-electron chi connectivity index (χ1n) is 5.48. The Balaban J connectivity index is 2.20. The second kappa shape index (κ2) is 5.68. The summed E-state index contributed by atoms with van der Waals surface area (Å²) in [5.74, 6) is 0.128. The fourth-order valence-corrected chi connectivity index (χ4v) is 1.83. The molecule has 94 valence electrons. The SMILES string of the molecule is CCOC(=O)c1nc(-c2ccc(SC)cc2)n[nH]1. The molecule has 0 radical (unpaired) electrons. The fourth-order valence-electron chi connectivity index (χ4n) is 1.42. The summed E-state index contributed by atoms with van der Waals surface area (Å²) in [6, 6.07) is 7.81. The summed E-state index contributed by atoms with van der Waals surface area (Å²) in [4.78, 5) is 16.7. The zero-order valence-electron chi connectivity index (χ0n) is 10.1. The van der Waals surface area contributed by atoms with Gasteiger partial charge in [0.2, 0.25) is 5.82 Å². The molecule has 5 nitrogen and oxygen atoms in total. The monoisotopic (exact) mass is 263 g/mol. The Morgan fingerprint density at radius 1 is 1.39 bits per heavy atom. The molecule has 1 heterocycles. The molecule has 1 N–H and O–H groups in total. The van der Waals surface area contributed by atoms with Crippen molar-refractivity contribution in [2.24, 2.45) is 0 Å². The molecule has 2 aromatic rings. The van der Waals surface area contributed by atoms with Gasteiger partial charge in [-0.25, -0.2) is 9.78 Å². The van der Waals surface area contributed by atoms with Crippen LogP contribution in [0.5, 0.6) is 0 Å². The normalized spacial score (nSPS) is 10.3. The fraction of sp³-hybridized carbons (Fsp3) is 0.250. The number of ether oxygens (including phenoxy) is 1. The highest BCUT2D eigenvalue weighted by Gasteiger charge is 2.13. The first-order valence-corrected chi connectivity index (χ1v) is 6.71. The number of esters is 1. The molecule has 6 heteroatoms.